The molecule has 3 heterocycles. The van der Waals surface area contributed by atoms with E-state index in [0.717, 1.165) is 26.9 Å². The zero-order valence-corrected chi connectivity index (χ0v) is 15.3. The third-order valence-corrected chi connectivity index (χ3v) is 5.06. The van der Waals surface area contributed by atoms with Crippen LogP contribution in [-0.4, -0.2) is 20.3 Å². The van der Waals surface area contributed by atoms with Gasteiger partial charge in [-0.1, -0.05) is 23.5 Å². The van der Waals surface area contributed by atoms with Crippen LogP contribution in [0.25, 0.3) is 15.9 Å². The van der Waals surface area contributed by atoms with Gasteiger partial charge in [-0.25, -0.2) is 9.97 Å². The Balaban J connectivity index is 1.73. The van der Waals surface area contributed by atoms with Gasteiger partial charge in [-0.2, -0.15) is 0 Å². The summed E-state index contributed by atoms with van der Waals surface area (Å²) in [6.07, 6.45) is 2.98. The van der Waals surface area contributed by atoms with Crippen LogP contribution >= 0.6 is 11.3 Å². The molecule has 0 radical (unpaired) electrons. The van der Waals surface area contributed by atoms with Crippen molar-refractivity contribution in [3.8, 4) is 0 Å². The third kappa shape index (κ3) is 2.76. The topological polar surface area (TPSA) is 76.4 Å². The number of benzene rings is 1. The van der Waals surface area contributed by atoms with Gasteiger partial charge in [0.1, 0.15) is 11.2 Å². The molecule has 6 nitrogen and oxygen atoms in total. The van der Waals surface area contributed by atoms with Gasteiger partial charge in [-0.05, 0) is 49.6 Å². The molecular formula is C19H16N4O2S. The van der Waals surface area contributed by atoms with E-state index in [1.807, 2.05) is 32.9 Å². The summed E-state index contributed by atoms with van der Waals surface area (Å²) >= 11 is 1.39. The molecule has 7 heteroatoms. The van der Waals surface area contributed by atoms with E-state index >= 15 is 0 Å². The highest BCUT2D eigenvalue weighted by Crippen LogP contribution is 2.29. The Morgan fingerprint density at radius 3 is 2.77 bits per heavy atom. The van der Waals surface area contributed by atoms with Gasteiger partial charge in [0.2, 0.25) is 0 Å². The summed E-state index contributed by atoms with van der Waals surface area (Å²) in [5.41, 5.74) is 4.06. The lowest BCUT2D eigenvalue weighted by molar-refractivity contribution is 0.102. The Labute approximate surface area is 153 Å². The van der Waals surface area contributed by atoms with Gasteiger partial charge in [0, 0.05) is 12.4 Å². The quantitative estimate of drug-likeness (QED) is 0.591. The average molecular weight is 364 g/mol. The standard InChI is InChI=1S/C19H16N4O2S/c1-10-4-5-15-20-8-13(18(25)23(15)9-10)17(24)22-19-21-16-12(3)6-11(2)7-14(16)26-19/h4-9H,1-3H3,(H,21,22,24). The van der Waals surface area contributed by atoms with Crippen molar-refractivity contribution in [1.29, 1.82) is 0 Å². The maximum atomic E-state index is 12.6. The van der Waals surface area contributed by atoms with E-state index in [1.54, 1.807) is 12.3 Å². The number of hydrogen-bond donors (Lipinski definition) is 1. The number of nitrogens with one attached hydrogen (secondary N) is 1. The number of aromatic nitrogens is 3. The van der Waals surface area contributed by atoms with Crippen LogP contribution < -0.4 is 10.9 Å². The average Bonchev–Trinajstić information content (AvgIpc) is 2.98. The Morgan fingerprint density at radius 2 is 1.96 bits per heavy atom. The molecule has 0 unspecified atom stereocenters. The van der Waals surface area contributed by atoms with E-state index in [4.69, 9.17) is 0 Å². The molecule has 0 atom stereocenters. The summed E-state index contributed by atoms with van der Waals surface area (Å²) in [6, 6.07) is 7.70. The molecule has 1 N–H and O–H groups in total. The molecule has 1 aromatic carbocycles. The second kappa shape index (κ2) is 6.03. The van der Waals surface area contributed by atoms with Gasteiger partial charge in [-0.3, -0.25) is 19.3 Å². The highest BCUT2D eigenvalue weighted by molar-refractivity contribution is 7.22. The lowest BCUT2D eigenvalue weighted by atomic mass is 10.1. The van der Waals surface area contributed by atoms with Crippen molar-refractivity contribution in [2.45, 2.75) is 20.8 Å². The van der Waals surface area contributed by atoms with Gasteiger partial charge in [-0.15, -0.1) is 0 Å². The SMILES string of the molecule is Cc1cc(C)c2nc(NC(=O)c3cnc4ccc(C)cn4c3=O)sc2c1. The number of amides is 1. The fourth-order valence-electron chi connectivity index (χ4n) is 2.93. The van der Waals surface area contributed by atoms with Crippen LogP contribution in [0.2, 0.25) is 0 Å². The molecule has 0 fully saturated rings. The monoisotopic (exact) mass is 364 g/mol. The van der Waals surface area contributed by atoms with Crippen LogP contribution in [0, 0.1) is 20.8 Å². The zero-order valence-electron chi connectivity index (χ0n) is 14.5. The molecule has 4 aromatic rings. The number of aryl methyl sites for hydroxylation is 3. The van der Waals surface area contributed by atoms with Crippen molar-refractivity contribution in [3.05, 3.63) is 69.3 Å². The van der Waals surface area contributed by atoms with Crippen molar-refractivity contribution in [3.63, 3.8) is 0 Å². The van der Waals surface area contributed by atoms with Crippen LogP contribution in [0.1, 0.15) is 27.0 Å². The summed E-state index contributed by atoms with van der Waals surface area (Å²) in [6.45, 7) is 5.89. The molecule has 4 rings (SSSR count). The van der Waals surface area contributed by atoms with E-state index in [2.05, 4.69) is 21.4 Å². The first-order valence-corrected chi connectivity index (χ1v) is 8.91. The van der Waals surface area contributed by atoms with E-state index in [-0.39, 0.29) is 5.56 Å². The predicted octanol–water partition coefficient (Wildman–Crippen LogP) is 3.48. The minimum absolute atomic E-state index is 0.0136. The first kappa shape index (κ1) is 16.4. The summed E-state index contributed by atoms with van der Waals surface area (Å²) in [5.74, 6) is -0.508. The number of rotatable bonds is 2. The van der Waals surface area contributed by atoms with Crippen molar-refractivity contribution >= 4 is 38.2 Å². The normalized spacial score (nSPS) is 11.2. The summed E-state index contributed by atoms with van der Waals surface area (Å²) < 4.78 is 2.39. The lowest BCUT2D eigenvalue weighted by Crippen LogP contribution is -2.26. The number of nitrogens with zero attached hydrogens (tertiary/aromatic N) is 3. The molecule has 0 spiro atoms. The van der Waals surface area contributed by atoms with Gasteiger partial charge in [0.05, 0.1) is 10.2 Å². The highest BCUT2D eigenvalue weighted by Gasteiger charge is 2.16. The van der Waals surface area contributed by atoms with E-state index < -0.39 is 11.5 Å². The Bertz CT molecular complexity index is 1240. The summed E-state index contributed by atoms with van der Waals surface area (Å²) in [4.78, 5) is 33.9. The maximum Gasteiger partial charge on any atom is 0.270 e. The van der Waals surface area contributed by atoms with E-state index in [1.165, 1.54) is 21.9 Å². The Morgan fingerprint density at radius 1 is 1.15 bits per heavy atom. The van der Waals surface area contributed by atoms with Gasteiger partial charge < -0.3 is 0 Å². The van der Waals surface area contributed by atoms with Crippen molar-refractivity contribution in [1.82, 2.24) is 14.4 Å². The Kier molecular flexibility index (Phi) is 3.81. The van der Waals surface area contributed by atoms with E-state index in [0.29, 0.717) is 10.8 Å². The number of carbonyl (C=O) groups excluding carboxylic acids is 1. The number of anilines is 1. The molecular weight excluding hydrogens is 348 g/mol. The first-order valence-electron chi connectivity index (χ1n) is 8.09. The second-order valence-corrected chi connectivity index (χ2v) is 7.34. The largest absolute Gasteiger partial charge is 0.298 e. The molecule has 0 bridgehead atoms. The molecule has 26 heavy (non-hydrogen) atoms. The van der Waals surface area contributed by atoms with Gasteiger partial charge in [0.25, 0.3) is 11.5 Å². The summed E-state index contributed by atoms with van der Waals surface area (Å²) in [7, 11) is 0. The minimum atomic E-state index is -0.508. The zero-order chi connectivity index (χ0) is 18.4. The first-order chi connectivity index (χ1) is 12.4. The molecule has 0 saturated carbocycles. The van der Waals surface area contributed by atoms with Crippen LogP contribution in [-0.2, 0) is 0 Å². The van der Waals surface area contributed by atoms with Crippen molar-refractivity contribution in [2.75, 3.05) is 5.32 Å². The molecule has 130 valence electrons. The van der Waals surface area contributed by atoms with Crippen LogP contribution in [0.3, 0.4) is 0 Å². The van der Waals surface area contributed by atoms with E-state index in [9.17, 15) is 9.59 Å². The van der Waals surface area contributed by atoms with Crippen LogP contribution in [0.4, 0.5) is 5.13 Å². The number of thiazole rings is 1. The number of hydrogen-bond acceptors (Lipinski definition) is 5. The second-order valence-electron chi connectivity index (χ2n) is 6.31. The minimum Gasteiger partial charge on any atom is -0.298 e. The van der Waals surface area contributed by atoms with Gasteiger partial charge >= 0.3 is 0 Å². The highest BCUT2D eigenvalue weighted by atomic mass is 32.1. The number of pyridine rings is 1. The fourth-order valence-corrected chi connectivity index (χ4v) is 3.96. The Hall–Kier alpha value is -3.06. The third-order valence-electron chi connectivity index (χ3n) is 4.14. The maximum absolute atomic E-state index is 12.6. The molecule has 1 amide bonds. The molecule has 3 aromatic heterocycles. The van der Waals surface area contributed by atoms with Gasteiger partial charge in [0.15, 0.2) is 5.13 Å². The van der Waals surface area contributed by atoms with Crippen molar-refractivity contribution in [2.24, 2.45) is 0 Å². The smallest absolute Gasteiger partial charge is 0.270 e. The predicted molar refractivity (Wildman–Crippen MR) is 103 cm³/mol. The molecule has 0 saturated heterocycles. The van der Waals surface area contributed by atoms with Crippen LogP contribution in [0.15, 0.2) is 41.5 Å². The molecule has 0 aliphatic rings. The van der Waals surface area contributed by atoms with Crippen molar-refractivity contribution < 1.29 is 4.79 Å². The summed E-state index contributed by atoms with van der Waals surface area (Å²) in [5, 5.41) is 3.19. The molecule has 0 aliphatic heterocycles. The molecule has 0 aliphatic carbocycles. The number of fused-ring (bicyclic) bond motifs is 2. The lowest BCUT2D eigenvalue weighted by Gasteiger charge is -2.04. The van der Waals surface area contributed by atoms with Crippen LogP contribution in [0.5, 0.6) is 0 Å². The fraction of sp³-hybridized carbons (Fsp3) is 0.158. The number of carbonyl (C=O) groups is 1.